The summed E-state index contributed by atoms with van der Waals surface area (Å²) in [5.74, 6) is -3.16. The van der Waals surface area contributed by atoms with Crippen LogP contribution < -0.4 is 5.32 Å². The third kappa shape index (κ3) is 6.17. The van der Waals surface area contributed by atoms with Gasteiger partial charge in [0.1, 0.15) is 0 Å². The van der Waals surface area contributed by atoms with Gasteiger partial charge in [0.05, 0.1) is 6.04 Å². The number of halogens is 3. The van der Waals surface area contributed by atoms with E-state index in [1.165, 1.54) is 13.8 Å². The zero-order chi connectivity index (χ0) is 11.5. The average molecular weight is 235 g/mol. The molecular formula is C8H13F3NNaO2. The van der Waals surface area contributed by atoms with Gasteiger partial charge in [-0.2, -0.15) is 13.2 Å². The average Bonchev–Trinajstić information content (AvgIpc) is 1.96. The number of hydrogen-bond donors (Lipinski definition) is 1. The first kappa shape index (κ1) is 17.3. The second kappa shape index (κ2) is 6.50. The maximum atomic E-state index is 12.0. The molecule has 0 saturated carbocycles. The summed E-state index contributed by atoms with van der Waals surface area (Å²) in [5.41, 5.74) is 0. The normalized spacial score (nSPS) is 13.0. The summed E-state index contributed by atoms with van der Waals surface area (Å²) >= 11 is 0. The van der Waals surface area contributed by atoms with E-state index in [-0.39, 0.29) is 29.6 Å². The molecule has 0 aliphatic heterocycles. The minimum atomic E-state index is -4.91. The van der Waals surface area contributed by atoms with Gasteiger partial charge in [0.15, 0.2) is 0 Å². The molecule has 0 aliphatic rings. The Bertz CT molecular complexity index is 241. The minimum absolute atomic E-state index is 0. The van der Waals surface area contributed by atoms with Crippen molar-refractivity contribution in [1.29, 1.82) is 0 Å². The van der Waals surface area contributed by atoms with Crippen LogP contribution in [0.3, 0.4) is 0 Å². The first-order valence-electron chi connectivity index (χ1n) is 4.04. The number of nitrogens with one attached hydrogen (secondary N) is 1. The Hall–Kier alpha value is -0.0700. The van der Waals surface area contributed by atoms with E-state index in [1.54, 1.807) is 0 Å². The molecule has 0 aliphatic carbocycles. The molecule has 0 radical (unpaired) electrons. The number of rotatable bonds is 3. The number of carbonyl (C=O) groups excluding carboxylic acids is 2. The van der Waals surface area contributed by atoms with Crippen molar-refractivity contribution in [3.63, 3.8) is 0 Å². The summed E-state index contributed by atoms with van der Waals surface area (Å²) in [4.78, 5) is 21.4. The molecule has 0 aromatic carbocycles. The van der Waals surface area contributed by atoms with Gasteiger partial charge in [-0.15, -0.1) is 0 Å². The topological polar surface area (TPSA) is 46.2 Å². The number of alkyl halides is 3. The van der Waals surface area contributed by atoms with Crippen LogP contribution in [-0.2, 0) is 9.59 Å². The molecule has 0 rings (SSSR count). The van der Waals surface area contributed by atoms with E-state index in [2.05, 4.69) is 0 Å². The van der Waals surface area contributed by atoms with E-state index in [0.717, 1.165) is 6.92 Å². The summed E-state index contributed by atoms with van der Waals surface area (Å²) in [6.45, 7) is 3.94. The van der Waals surface area contributed by atoms with Crippen molar-refractivity contribution in [2.45, 2.75) is 33.0 Å². The predicted molar refractivity (Wildman–Crippen MR) is 50.7 cm³/mol. The second-order valence-electron chi connectivity index (χ2n) is 3.28. The summed E-state index contributed by atoms with van der Waals surface area (Å²) in [6, 6.07) is -1.49. The van der Waals surface area contributed by atoms with Gasteiger partial charge in [-0.05, 0) is 5.92 Å². The maximum absolute atomic E-state index is 12.0. The second-order valence-corrected chi connectivity index (χ2v) is 3.28. The van der Waals surface area contributed by atoms with Gasteiger partial charge >= 0.3 is 35.7 Å². The van der Waals surface area contributed by atoms with Crippen molar-refractivity contribution in [3.8, 4) is 0 Å². The van der Waals surface area contributed by atoms with E-state index in [1.807, 2.05) is 5.32 Å². The quantitative estimate of drug-likeness (QED) is 0.729. The van der Waals surface area contributed by atoms with Crippen molar-refractivity contribution in [2.24, 2.45) is 5.92 Å². The molecule has 1 atom stereocenters. The molecule has 0 aromatic heterocycles. The van der Waals surface area contributed by atoms with Crippen LogP contribution >= 0.6 is 0 Å². The Kier molecular flexibility index (Phi) is 7.51. The summed E-state index contributed by atoms with van der Waals surface area (Å²) in [6.07, 6.45) is -4.91. The molecule has 0 fully saturated rings. The van der Waals surface area contributed by atoms with Crippen molar-refractivity contribution >= 4 is 41.2 Å². The predicted octanol–water partition coefficient (Wildman–Crippen LogP) is 0.630. The van der Waals surface area contributed by atoms with Crippen LogP contribution in [0.2, 0.25) is 0 Å². The third-order valence-electron chi connectivity index (χ3n) is 1.59. The van der Waals surface area contributed by atoms with E-state index < -0.39 is 29.8 Å². The van der Waals surface area contributed by atoms with E-state index in [9.17, 15) is 22.8 Å². The molecule has 0 saturated heterocycles. The fourth-order valence-corrected chi connectivity index (χ4v) is 0.930. The van der Waals surface area contributed by atoms with E-state index >= 15 is 0 Å². The molecule has 1 amide bonds. The number of amides is 1. The monoisotopic (exact) mass is 235 g/mol. The van der Waals surface area contributed by atoms with Gasteiger partial charge in [-0.3, -0.25) is 9.59 Å². The van der Waals surface area contributed by atoms with E-state index in [0.29, 0.717) is 0 Å². The number of ketones is 1. The van der Waals surface area contributed by atoms with Crippen LogP contribution in [0.5, 0.6) is 0 Å². The van der Waals surface area contributed by atoms with Crippen molar-refractivity contribution in [1.82, 2.24) is 5.32 Å². The molecule has 0 bridgehead atoms. The molecular weight excluding hydrogens is 222 g/mol. The molecule has 84 valence electrons. The zero-order valence-corrected chi connectivity index (χ0v) is 8.11. The third-order valence-corrected chi connectivity index (χ3v) is 1.59. The molecule has 1 unspecified atom stereocenters. The number of Topliss-reactive ketones (excluding diaryl/α,β-unsaturated/α-hetero) is 1. The first-order valence-corrected chi connectivity index (χ1v) is 4.04. The number of hydrogen-bond acceptors (Lipinski definition) is 2. The number of carbonyl (C=O) groups is 2. The molecule has 0 spiro atoms. The van der Waals surface area contributed by atoms with Crippen molar-refractivity contribution in [2.75, 3.05) is 0 Å². The molecule has 3 nitrogen and oxygen atoms in total. The summed E-state index contributed by atoms with van der Waals surface area (Å²) in [5, 5.41) is 1.98. The van der Waals surface area contributed by atoms with Crippen LogP contribution in [0.1, 0.15) is 20.8 Å². The Balaban J connectivity index is 0. The fourth-order valence-electron chi connectivity index (χ4n) is 0.930. The molecule has 7 heteroatoms. The summed E-state index contributed by atoms with van der Waals surface area (Å²) < 4.78 is 36.0. The zero-order valence-electron chi connectivity index (χ0n) is 8.11. The molecule has 0 heterocycles. The summed E-state index contributed by atoms with van der Waals surface area (Å²) in [7, 11) is 0. The Morgan fingerprint density at radius 2 is 1.60 bits per heavy atom. The molecule has 0 aromatic rings. The van der Waals surface area contributed by atoms with Crippen LogP contribution in [0.25, 0.3) is 0 Å². The van der Waals surface area contributed by atoms with Crippen LogP contribution in [0.15, 0.2) is 0 Å². The van der Waals surface area contributed by atoms with Crippen LogP contribution in [0.4, 0.5) is 13.2 Å². The fraction of sp³-hybridized carbons (Fsp3) is 0.750. The van der Waals surface area contributed by atoms with Gasteiger partial charge in [0.25, 0.3) is 5.78 Å². The van der Waals surface area contributed by atoms with Gasteiger partial charge in [-0.25, -0.2) is 0 Å². The standard InChI is InChI=1S/C8H12F3NO2.Na.H/c1-4(2)6(12-5(3)13)7(14)8(9,10)11;;/h4,6H,1-3H3,(H,12,13);;. The molecule has 15 heavy (non-hydrogen) atoms. The SMILES string of the molecule is CC(=O)NC(C(=O)C(F)(F)F)C(C)C.[NaH]. The Morgan fingerprint density at radius 1 is 1.20 bits per heavy atom. The van der Waals surface area contributed by atoms with Gasteiger partial charge in [0, 0.05) is 6.92 Å². The van der Waals surface area contributed by atoms with E-state index in [4.69, 9.17) is 0 Å². The van der Waals surface area contributed by atoms with Gasteiger partial charge in [0.2, 0.25) is 5.91 Å². The van der Waals surface area contributed by atoms with Crippen molar-refractivity contribution in [3.05, 3.63) is 0 Å². The van der Waals surface area contributed by atoms with Crippen molar-refractivity contribution < 1.29 is 22.8 Å². The first-order chi connectivity index (χ1) is 6.16. The van der Waals surface area contributed by atoms with Crippen LogP contribution in [-0.4, -0.2) is 53.5 Å². The molecule has 1 N–H and O–H groups in total. The Labute approximate surface area is 108 Å². The van der Waals surface area contributed by atoms with Gasteiger partial charge < -0.3 is 5.32 Å². The van der Waals surface area contributed by atoms with Crippen LogP contribution in [0, 0.1) is 5.92 Å². The Morgan fingerprint density at radius 3 is 1.80 bits per heavy atom. The van der Waals surface area contributed by atoms with Gasteiger partial charge in [-0.1, -0.05) is 13.8 Å².